The van der Waals surface area contributed by atoms with Gasteiger partial charge in [-0.3, -0.25) is 0 Å². The molecule has 0 spiro atoms. The van der Waals surface area contributed by atoms with E-state index < -0.39 is 0 Å². The summed E-state index contributed by atoms with van der Waals surface area (Å²) < 4.78 is 0. The molecule has 15 heavy (non-hydrogen) atoms. The number of benzene rings is 1. The summed E-state index contributed by atoms with van der Waals surface area (Å²) in [6, 6.07) is 8.54. The first-order valence-corrected chi connectivity index (χ1v) is 6.27. The lowest BCUT2D eigenvalue weighted by molar-refractivity contribution is -0.109. The summed E-state index contributed by atoms with van der Waals surface area (Å²) >= 11 is 3.42. The monoisotopic (exact) mass is 268 g/mol. The molecular formula is C13H17BrO. The molecule has 0 unspecified atom stereocenters. The number of rotatable bonds is 5. The van der Waals surface area contributed by atoms with E-state index in [0.717, 1.165) is 18.0 Å². The number of hydrogen-bond acceptors (Lipinski definition) is 1. The average molecular weight is 269 g/mol. The smallest absolute Gasteiger partial charge is 0.120 e. The summed E-state index contributed by atoms with van der Waals surface area (Å²) in [5.41, 5.74) is 2.65. The molecule has 0 bridgehead atoms. The summed E-state index contributed by atoms with van der Waals surface area (Å²) in [6.45, 7) is 4.25. The highest BCUT2D eigenvalue weighted by molar-refractivity contribution is 9.08. The molecule has 1 nitrogen and oxygen atoms in total. The van der Waals surface area contributed by atoms with E-state index in [1.165, 1.54) is 11.1 Å². The number of halogens is 1. The van der Waals surface area contributed by atoms with Crippen LogP contribution in [0.4, 0.5) is 0 Å². The van der Waals surface area contributed by atoms with E-state index in [9.17, 15) is 4.79 Å². The molecular weight excluding hydrogens is 252 g/mol. The van der Waals surface area contributed by atoms with Gasteiger partial charge in [0.1, 0.15) is 6.29 Å². The van der Waals surface area contributed by atoms with Crippen LogP contribution in [0.25, 0.3) is 0 Å². The molecule has 1 aromatic rings. The second kappa shape index (κ2) is 5.45. The van der Waals surface area contributed by atoms with E-state index in [1.807, 2.05) is 0 Å². The van der Waals surface area contributed by atoms with Crippen molar-refractivity contribution in [2.75, 3.05) is 0 Å². The Balaban J connectivity index is 2.68. The van der Waals surface area contributed by atoms with Crippen molar-refractivity contribution in [3.8, 4) is 0 Å². The molecule has 2 heteroatoms. The van der Waals surface area contributed by atoms with Crippen LogP contribution in [-0.2, 0) is 16.5 Å². The van der Waals surface area contributed by atoms with Crippen LogP contribution < -0.4 is 0 Å². The standard InChI is InChI=1S/C13H17BrO/c1-13(2,7-8-15)9-11-3-5-12(10-14)6-4-11/h3-6,8H,7,9-10H2,1-2H3. The van der Waals surface area contributed by atoms with E-state index in [4.69, 9.17) is 0 Å². The van der Waals surface area contributed by atoms with Crippen LogP contribution in [0, 0.1) is 5.41 Å². The van der Waals surface area contributed by atoms with Gasteiger partial charge in [0.15, 0.2) is 0 Å². The Morgan fingerprint density at radius 2 is 1.73 bits per heavy atom. The van der Waals surface area contributed by atoms with Crippen LogP contribution in [0.1, 0.15) is 31.4 Å². The zero-order chi connectivity index (χ0) is 11.3. The lowest BCUT2D eigenvalue weighted by Crippen LogP contribution is -2.15. The zero-order valence-corrected chi connectivity index (χ0v) is 10.9. The van der Waals surface area contributed by atoms with Crippen molar-refractivity contribution in [2.24, 2.45) is 5.41 Å². The molecule has 0 aliphatic carbocycles. The van der Waals surface area contributed by atoms with E-state index in [2.05, 4.69) is 54.0 Å². The van der Waals surface area contributed by atoms with Crippen LogP contribution >= 0.6 is 15.9 Å². The summed E-state index contributed by atoms with van der Waals surface area (Å²) in [5, 5.41) is 0.894. The van der Waals surface area contributed by atoms with Gasteiger partial charge in [0, 0.05) is 11.8 Å². The van der Waals surface area contributed by atoms with Gasteiger partial charge in [-0.1, -0.05) is 54.0 Å². The van der Waals surface area contributed by atoms with E-state index in [-0.39, 0.29) is 5.41 Å². The maximum atomic E-state index is 10.5. The number of alkyl halides is 1. The Bertz CT molecular complexity index is 314. The summed E-state index contributed by atoms with van der Waals surface area (Å²) in [7, 11) is 0. The fraction of sp³-hybridized carbons (Fsp3) is 0.462. The van der Waals surface area contributed by atoms with Crippen molar-refractivity contribution in [1.29, 1.82) is 0 Å². The lowest BCUT2D eigenvalue weighted by Gasteiger charge is -2.21. The van der Waals surface area contributed by atoms with E-state index in [1.54, 1.807) is 0 Å². The molecule has 0 atom stereocenters. The quantitative estimate of drug-likeness (QED) is 0.588. The highest BCUT2D eigenvalue weighted by Gasteiger charge is 2.17. The second-order valence-electron chi connectivity index (χ2n) is 4.66. The number of carbonyl (C=O) groups excluding carboxylic acids is 1. The van der Waals surface area contributed by atoms with Crippen molar-refractivity contribution in [2.45, 2.75) is 32.0 Å². The maximum Gasteiger partial charge on any atom is 0.120 e. The third kappa shape index (κ3) is 4.17. The van der Waals surface area contributed by atoms with Gasteiger partial charge < -0.3 is 4.79 Å². The van der Waals surface area contributed by atoms with Crippen LogP contribution in [0.5, 0.6) is 0 Å². The SMILES string of the molecule is CC(C)(CC=O)Cc1ccc(CBr)cc1. The number of carbonyl (C=O) groups is 1. The minimum absolute atomic E-state index is 0.0671. The van der Waals surface area contributed by atoms with Crippen LogP contribution in [0.3, 0.4) is 0 Å². The normalized spacial score (nSPS) is 11.4. The molecule has 0 saturated heterocycles. The zero-order valence-electron chi connectivity index (χ0n) is 9.29. The van der Waals surface area contributed by atoms with Gasteiger partial charge in [0.25, 0.3) is 0 Å². The Labute approximate surface area is 100 Å². The van der Waals surface area contributed by atoms with Crippen LogP contribution in [-0.4, -0.2) is 6.29 Å². The highest BCUT2D eigenvalue weighted by Crippen LogP contribution is 2.25. The topological polar surface area (TPSA) is 17.1 Å². The molecule has 0 aromatic heterocycles. The van der Waals surface area contributed by atoms with Gasteiger partial charge in [-0.15, -0.1) is 0 Å². The Morgan fingerprint density at radius 1 is 1.20 bits per heavy atom. The molecule has 82 valence electrons. The summed E-state index contributed by atoms with van der Waals surface area (Å²) in [5.74, 6) is 0. The molecule has 0 N–H and O–H groups in total. The lowest BCUT2D eigenvalue weighted by atomic mass is 9.83. The van der Waals surface area contributed by atoms with Crippen molar-refractivity contribution in [1.82, 2.24) is 0 Å². The van der Waals surface area contributed by atoms with E-state index in [0.29, 0.717) is 6.42 Å². The Kier molecular flexibility index (Phi) is 4.52. The third-order valence-corrected chi connectivity index (χ3v) is 3.14. The number of aldehydes is 1. The predicted octanol–water partition coefficient (Wildman–Crippen LogP) is 3.74. The van der Waals surface area contributed by atoms with Crippen LogP contribution in [0.15, 0.2) is 24.3 Å². The molecule has 0 radical (unpaired) electrons. The fourth-order valence-electron chi connectivity index (χ4n) is 1.60. The average Bonchev–Trinajstić information content (AvgIpc) is 2.18. The Morgan fingerprint density at radius 3 is 2.20 bits per heavy atom. The van der Waals surface area contributed by atoms with Crippen molar-refractivity contribution in [3.05, 3.63) is 35.4 Å². The largest absolute Gasteiger partial charge is 0.303 e. The third-order valence-electron chi connectivity index (χ3n) is 2.50. The van der Waals surface area contributed by atoms with Gasteiger partial charge in [0.05, 0.1) is 0 Å². The summed E-state index contributed by atoms with van der Waals surface area (Å²) in [4.78, 5) is 10.5. The first kappa shape index (κ1) is 12.4. The van der Waals surface area contributed by atoms with Crippen molar-refractivity contribution < 1.29 is 4.79 Å². The fourth-order valence-corrected chi connectivity index (χ4v) is 1.97. The van der Waals surface area contributed by atoms with Crippen molar-refractivity contribution in [3.63, 3.8) is 0 Å². The minimum Gasteiger partial charge on any atom is -0.303 e. The first-order valence-electron chi connectivity index (χ1n) is 5.15. The minimum atomic E-state index is 0.0671. The van der Waals surface area contributed by atoms with Gasteiger partial charge >= 0.3 is 0 Å². The van der Waals surface area contributed by atoms with E-state index >= 15 is 0 Å². The Hall–Kier alpha value is -0.630. The molecule has 0 aliphatic rings. The first-order chi connectivity index (χ1) is 7.07. The number of hydrogen-bond donors (Lipinski definition) is 0. The molecule has 0 amide bonds. The van der Waals surface area contributed by atoms with Gasteiger partial charge in [-0.05, 0) is 23.0 Å². The molecule has 0 saturated carbocycles. The molecule has 0 fully saturated rings. The molecule has 0 aliphatic heterocycles. The molecule has 1 rings (SSSR count). The highest BCUT2D eigenvalue weighted by atomic mass is 79.9. The molecule has 1 aromatic carbocycles. The van der Waals surface area contributed by atoms with Crippen molar-refractivity contribution >= 4 is 22.2 Å². The molecule has 0 heterocycles. The predicted molar refractivity (Wildman–Crippen MR) is 67.2 cm³/mol. The van der Waals surface area contributed by atoms with Gasteiger partial charge in [0.2, 0.25) is 0 Å². The second-order valence-corrected chi connectivity index (χ2v) is 5.22. The van der Waals surface area contributed by atoms with Gasteiger partial charge in [-0.25, -0.2) is 0 Å². The summed E-state index contributed by atoms with van der Waals surface area (Å²) in [6.07, 6.45) is 2.58. The maximum absolute atomic E-state index is 10.5. The van der Waals surface area contributed by atoms with Gasteiger partial charge in [-0.2, -0.15) is 0 Å². The van der Waals surface area contributed by atoms with Crippen LogP contribution in [0.2, 0.25) is 0 Å².